The van der Waals surface area contributed by atoms with Gasteiger partial charge in [-0.05, 0) is 66.7 Å². The Morgan fingerprint density at radius 3 is 2.53 bits per heavy atom. The van der Waals surface area contributed by atoms with Crippen molar-refractivity contribution in [2.24, 2.45) is 5.92 Å². The van der Waals surface area contributed by atoms with Crippen LogP contribution in [0, 0.1) is 5.92 Å². The van der Waals surface area contributed by atoms with Crippen LogP contribution in [0.3, 0.4) is 0 Å². The average Bonchev–Trinajstić information content (AvgIpc) is 2.75. The molecule has 96 valence electrons. The molecule has 3 heteroatoms. The molecule has 1 fully saturated rings. The van der Waals surface area contributed by atoms with Gasteiger partial charge in [-0.15, -0.1) is 11.3 Å². The van der Waals surface area contributed by atoms with Crippen LogP contribution in [0.5, 0.6) is 0 Å². The van der Waals surface area contributed by atoms with Crippen molar-refractivity contribution in [3.63, 3.8) is 0 Å². The van der Waals surface area contributed by atoms with Crippen molar-refractivity contribution in [3.8, 4) is 0 Å². The lowest BCUT2D eigenvalue weighted by atomic mass is 9.84. The zero-order chi connectivity index (χ0) is 12.3. The van der Waals surface area contributed by atoms with Crippen LogP contribution in [0.2, 0.25) is 0 Å². The highest BCUT2D eigenvalue weighted by atomic mass is 79.9. The topological polar surface area (TPSA) is 3.24 Å². The molecule has 1 aromatic heterocycles. The summed E-state index contributed by atoms with van der Waals surface area (Å²) in [5.74, 6) is 0.996. The number of rotatable bonds is 4. The van der Waals surface area contributed by atoms with Crippen LogP contribution in [0.15, 0.2) is 15.9 Å². The van der Waals surface area contributed by atoms with Gasteiger partial charge in [-0.25, -0.2) is 0 Å². The molecule has 0 saturated heterocycles. The standard InChI is InChI=1S/C14H22BrNS/c1-3-11-4-6-12(7-5-11)16(2)10-13-8-9-14(15)17-13/h8-9,11-12H,3-7,10H2,1-2H3. The predicted octanol–water partition coefficient (Wildman–Crippen LogP) is 4.91. The largest absolute Gasteiger partial charge is 0.298 e. The van der Waals surface area contributed by atoms with E-state index in [-0.39, 0.29) is 0 Å². The molecule has 1 heterocycles. The third-order valence-electron chi connectivity index (χ3n) is 4.05. The van der Waals surface area contributed by atoms with E-state index >= 15 is 0 Å². The van der Waals surface area contributed by atoms with Crippen LogP contribution >= 0.6 is 27.3 Å². The second-order valence-electron chi connectivity index (χ2n) is 5.20. The number of hydrogen-bond donors (Lipinski definition) is 0. The van der Waals surface area contributed by atoms with Crippen molar-refractivity contribution >= 4 is 27.3 Å². The van der Waals surface area contributed by atoms with Crippen molar-refractivity contribution < 1.29 is 0 Å². The first kappa shape index (κ1) is 13.6. The lowest BCUT2D eigenvalue weighted by molar-refractivity contribution is 0.158. The zero-order valence-electron chi connectivity index (χ0n) is 10.8. The van der Waals surface area contributed by atoms with Gasteiger partial charge in [0.15, 0.2) is 0 Å². The molecule has 0 spiro atoms. The third kappa shape index (κ3) is 3.80. The quantitative estimate of drug-likeness (QED) is 0.763. The third-order valence-corrected chi connectivity index (χ3v) is 5.66. The van der Waals surface area contributed by atoms with Crippen molar-refractivity contribution in [1.29, 1.82) is 0 Å². The van der Waals surface area contributed by atoms with Crippen LogP contribution < -0.4 is 0 Å². The van der Waals surface area contributed by atoms with E-state index in [1.54, 1.807) is 0 Å². The van der Waals surface area contributed by atoms with Crippen LogP contribution in [0.4, 0.5) is 0 Å². The summed E-state index contributed by atoms with van der Waals surface area (Å²) in [5.41, 5.74) is 0. The molecule has 17 heavy (non-hydrogen) atoms. The molecule has 0 aliphatic heterocycles. The minimum absolute atomic E-state index is 0.804. The van der Waals surface area contributed by atoms with Gasteiger partial charge in [0.2, 0.25) is 0 Å². The number of nitrogens with zero attached hydrogens (tertiary/aromatic N) is 1. The fourth-order valence-corrected chi connectivity index (χ4v) is 4.35. The van der Waals surface area contributed by atoms with Crippen LogP contribution in [-0.4, -0.2) is 18.0 Å². The van der Waals surface area contributed by atoms with Crippen molar-refractivity contribution in [2.45, 2.75) is 51.6 Å². The van der Waals surface area contributed by atoms with Gasteiger partial charge < -0.3 is 0 Å². The number of thiophene rings is 1. The molecule has 0 amide bonds. The molecule has 0 aromatic carbocycles. The van der Waals surface area contributed by atoms with E-state index in [4.69, 9.17) is 0 Å². The summed E-state index contributed by atoms with van der Waals surface area (Å²) in [6.07, 6.45) is 7.01. The molecule has 1 aliphatic rings. The van der Waals surface area contributed by atoms with Gasteiger partial charge in [0.05, 0.1) is 3.79 Å². The molecule has 0 unspecified atom stereocenters. The maximum Gasteiger partial charge on any atom is 0.0701 e. The van der Waals surface area contributed by atoms with Crippen LogP contribution in [0.1, 0.15) is 43.9 Å². The fraction of sp³-hybridized carbons (Fsp3) is 0.714. The molecule has 2 rings (SSSR count). The lowest BCUT2D eigenvalue weighted by Crippen LogP contribution is -2.34. The molecular formula is C14H22BrNS. The molecule has 1 saturated carbocycles. The first-order valence-corrected chi connectivity index (χ1v) is 8.24. The molecule has 1 aliphatic carbocycles. The Morgan fingerprint density at radius 1 is 1.29 bits per heavy atom. The highest BCUT2D eigenvalue weighted by Gasteiger charge is 2.23. The molecular weight excluding hydrogens is 294 g/mol. The van der Waals surface area contributed by atoms with Gasteiger partial charge in [0.1, 0.15) is 0 Å². The Labute approximate surface area is 117 Å². The molecule has 0 bridgehead atoms. The van der Waals surface area contributed by atoms with E-state index in [1.165, 1.54) is 40.8 Å². The first-order valence-electron chi connectivity index (χ1n) is 6.63. The average molecular weight is 316 g/mol. The molecule has 0 N–H and O–H groups in total. The summed E-state index contributed by atoms with van der Waals surface area (Å²) in [7, 11) is 2.28. The van der Waals surface area contributed by atoms with E-state index in [2.05, 4.69) is 46.9 Å². The fourth-order valence-electron chi connectivity index (χ4n) is 2.81. The molecule has 1 aromatic rings. The maximum atomic E-state index is 3.54. The van der Waals surface area contributed by atoms with E-state index < -0.39 is 0 Å². The molecule has 1 nitrogen and oxygen atoms in total. The van der Waals surface area contributed by atoms with Gasteiger partial charge in [-0.1, -0.05) is 13.3 Å². The first-order chi connectivity index (χ1) is 8.19. The summed E-state index contributed by atoms with van der Waals surface area (Å²) in [5, 5.41) is 0. The summed E-state index contributed by atoms with van der Waals surface area (Å²) < 4.78 is 1.25. The number of halogens is 1. The van der Waals surface area contributed by atoms with Crippen molar-refractivity contribution in [1.82, 2.24) is 4.90 Å². The van der Waals surface area contributed by atoms with Crippen molar-refractivity contribution in [2.75, 3.05) is 7.05 Å². The van der Waals surface area contributed by atoms with Crippen LogP contribution in [0.25, 0.3) is 0 Å². The second kappa shape index (κ2) is 6.35. The SMILES string of the molecule is CCC1CCC(N(C)Cc2ccc(Br)s2)CC1. The van der Waals surface area contributed by atoms with E-state index in [0.717, 1.165) is 18.5 Å². The predicted molar refractivity (Wildman–Crippen MR) is 79.5 cm³/mol. The maximum absolute atomic E-state index is 3.54. The van der Waals surface area contributed by atoms with Gasteiger partial charge >= 0.3 is 0 Å². The van der Waals surface area contributed by atoms with Gasteiger partial charge in [0, 0.05) is 17.5 Å². The summed E-state index contributed by atoms with van der Waals surface area (Å²) in [6.45, 7) is 3.44. The highest BCUT2D eigenvalue weighted by molar-refractivity contribution is 9.11. The number of hydrogen-bond acceptors (Lipinski definition) is 2. The van der Waals surface area contributed by atoms with Crippen LogP contribution in [-0.2, 0) is 6.54 Å². The Hall–Kier alpha value is 0.140. The van der Waals surface area contributed by atoms with Crippen molar-refractivity contribution in [3.05, 3.63) is 20.8 Å². The van der Waals surface area contributed by atoms with Gasteiger partial charge in [-0.3, -0.25) is 4.90 Å². The van der Waals surface area contributed by atoms with Gasteiger partial charge in [0.25, 0.3) is 0 Å². The smallest absolute Gasteiger partial charge is 0.0701 e. The van der Waals surface area contributed by atoms with Gasteiger partial charge in [-0.2, -0.15) is 0 Å². The van der Waals surface area contributed by atoms with E-state index in [1.807, 2.05) is 11.3 Å². The summed E-state index contributed by atoms with van der Waals surface area (Å²) in [4.78, 5) is 4.02. The highest BCUT2D eigenvalue weighted by Crippen LogP contribution is 2.30. The minimum Gasteiger partial charge on any atom is -0.298 e. The normalized spacial score (nSPS) is 25.4. The zero-order valence-corrected chi connectivity index (χ0v) is 13.2. The Kier molecular flexibility index (Phi) is 5.07. The van der Waals surface area contributed by atoms with E-state index in [0.29, 0.717) is 0 Å². The second-order valence-corrected chi connectivity index (χ2v) is 7.75. The minimum atomic E-state index is 0.804. The molecule has 0 atom stereocenters. The Balaban J connectivity index is 1.82. The Morgan fingerprint density at radius 2 is 2.00 bits per heavy atom. The summed E-state index contributed by atoms with van der Waals surface area (Å²) >= 11 is 5.40. The van der Waals surface area contributed by atoms with E-state index in [9.17, 15) is 0 Å². The Bertz CT molecular complexity index is 342. The monoisotopic (exact) mass is 315 g/mol. The molecule has 0 radical (unpaired) electrons. The lowest BCUT2D eigenvalue weighted by Gasteiger charge is -2.34. The summed E-state index contributed by atoms with van der Waals surface area (Å²) in [6, 6.07) is 5.20.